The fraction of sp³-hybridized carbons (Fsp3) is 0.423. The number of piperidine rings is 1. The average molecular weight is 413 g/mol. The van der Waals surface area contributed by atoms with Crippen molar-refractivity contribution in [2.75, 3.05) is 24.5 Å². The molecule has 3 heterocycles. The summed E-state index contributed by atoms with van der Waals surface area (Å²) in [5, 5.41) is 1.06. The zero-order valence-corrected chi connectivity index (χ0v) is 17.8. The van der Waals surface area contributed by atoms with Gasteiger partial charge in [0.15, 0.2) is 0 Å². The molecule has 1 aliphatic carbocycles. The van der Waals surface area contributed by atoms with E-state index in [0.717, 1.165) is 62.3 Å². The van der Waals surface area contributed by atoms with Gasteiger partial charge in [-0.15, -0.1) is 0 Å². The minimum absolute atomic E-state index is 0.297. The Labute approximate surface area is 183 Å². The molecule has 1 saturated carbocycles. The Balaban J connectivity index is 1.27. The molecule has 1 amide bonds. The zero-order valence-electron chi connectivity index (χ0n) is 17.8. The van der Waals surface area contributed by atoms with Gasteiger partial charge in [-0.25, -0.2) is 9.97 Å². The molecule has 3 aromatic rings. The van der Waals surface area contributed by atoms with E-state index in [9.17, 15) is 4.79 Å². The van der Waals surface area contributed by atoms with Gasteiger partial charge < -0.3 is 9.80 Å². The molecule has 2 fully saturated rings. The monoisotopic (exact) mass is 412 g/mol. The predicted molar refractivity (Wildman–Crippen MR) is 122 cm³/mol. The molecule has 3 aliphatic rings. The van der Waals surface area contributed by atoms with Crippen LogP contribution in [0.25, 0.3) is 10.9 Å². The Hall–Kier alpha value is -2.95. The highest BCUT2D eigenvalue weighted by atomic mass is 16.2. The Kier molecular flexibility index (Phi) is 4.44. The number of carbonyl (C=O) groups is 1. The predicted octanol–water partition coefficient (Wildman–Crippen LogP) is 4.21. The zero-order chi connectivity index (χ0) is 20.8. The minimum Gasteiger partial charge on any atom is -0.341 e. The number of hydrogen-bond acceptors (Lipinski definition) is 4. The van der Waals surface area contributed by atoms with Crippen molar-refractivity contribution in [2.45, 2.75) is 38.6 Å². The van der Waals surface area contributed by atoms with Crippen LogP contribution < -0.4 is 4.90 Å². The second kappa shape index (κ2) is 7.33. The Morgan fingerprint density at radius 1 is 0.968 bits per heavy atom. The number of fused-ring (bicyclic) bond motifs is 2. The summed E-state index contributed by atoms with van der Waals surface area (Å²) in [5.74, 6) is 1.86. The van der Waals surface area contributed by atoms with Crippen molar-refractivity contribution in [1.29, 1.82) is 0 Å². The van der Waals surface area contributed by atoms with Crippen LogP contribution in [0.1, 0.15) is 36.8 Å². The number of hydrogen-bond donors (Lipinski definition) is 0. The molecule has 0 radical (unpaired) electrons. The van der Waals surface area contributed by atoms with Gasteiger partial charge in [0.25, 0.3) is 0 Å². The van der Waals surface area contributed by atoms with Crippen molar-refractivity contribution >= 4 is 22.8 Å². The van der Waals surface area contributed by atoms with Crippen LogP contribution in [0, 0.1) is 11.3 Å². The molecule has 31 heavy (non-hydrogen) atoms. The van der Waals surface area contributed by atoms with Crippen LogP contribution >= 0.6 is 0 Å². The van der Waals surface area contributed by atoms with E-state index >= 15 is 0 Å². The van der Waals surface area contributed by atoms with E-state index in [-0.39, 0.29) is 5.41 Å². The number of anilines is 1. The van der Waals surface area contributed by atoms with Crippen molar-refractivity contribution in [3.63, 3.8) is 0 Å². The third-order valence-electron chi connectivity index (χ3n) is 7.40. The quantitative estimate of drug-likeness (QED) is 0.647. The molecule has 0 bridgehead atoms. The third kappa shape index (κ3) is 3.46. The fourth-order valence-corrected chi connectivity index (χ4v) is 5.34. The Morgan fingerprint density at radius 3 is 2.52 bits per heavy atom. The molecule has 158 valence electrons. The van der Waals surface area contributed by atoms with E-state index < -0.39 is 0 Å². The molecule has 5 nitrogen and oxygen atoms in total. The fourth-order valence-electron chi connectivity index (χ4n) is 5.34. The van der Waals surface area contributed by atoms with E-state index in [2.05, 4.69) is 39.0 Å². The minimum atomic E-state index is -0.297. The topological polar surface area (TPSA) is 49.3 Å². The number of amides is 1. The summed E-state index contributed by atoms with van der Waals surface area (Å²) in [5.41, 5.74) is 3.36. The lowest BCUT2D eigenvalue weighted by atomic mass is 9.73. The largest absolute Gasteiger partial charge is 0.341 e. The van der Waals surface area contributed by atoms with E-state index in [1.165, 1.54) is 24.0 Å². The van der Waals surface area contributed by atoms with Gasteiger partial charge in [0.2, 0.25) is 11.9 Å². The molecule has 2 aliphatic heterocycles. The highest BCUT2D eigenvalue weighted by Crippen LogP contribution is 2.42. The summed E-state index contributed by atoms with van der Waals surface area (Å²) in [6, 6.07) is 16.8. The Morgan fingerprint density at radius 2 is 1.71 bits per heavy atom. The van der Waals surface area contributed by atoms with Crippen LogP contribution in [0.3, 0.4) is 0 Å². The van der Waals surface area contributed by atoms with Crippen LogP contribution in [0.5, 0.6) is 0 Å². The summed E-state index contributed by atoms with van der Waals surface area (Å²) in [6.45, 7) is 3.34. The molecule has 2 aromatic carbocycles. The molecule has 1 aromatic heterocycles. The van der Waals surface area contributed by atoms with Gasteiger partial charge in [-0.05, 0) is 55.2 Å². The van der Waals surface area contributed by atoms with Crippen molar-refractivity contribution < 1.29 is 4.79 Å². The van der Waals surface area contributed by atoms with Crippen LogP contribution in [-0.2, 0) is 17.8 Å². The first-order valence-electron chi connectivity index (χ1n) is 11.5. The first-order chi connectivity index (χ1) is 15.2. The maximum Gasteiger partial charge on any atom is 0.229 e. The lowest BCUT2D eigenvalue weighted by Gasteiger charge is -2.42. The normalized spacial score (nSPS) is 20.7. The van der Waals surface area contributed by atoms with Gasteiger partial charge in [-0.1, -0.05) is 42.5 Å². The van der Waals surface area contributed by atoms with Crippen molar-refractivity contribution in [1.82, 2.24) is 14.9 Å². The third-order valence-corrected chi connectivity index (χ3v) is 7.40. The van der Waals surface area contributed by atoms with Crippen molar-refractivity contribution in [3.05, 3.63) is 65.9 Å². The number of aromatic nitrogens is 2. The molecule has 0 N–H and O–H groups in total. The number of rotatable bonds is 3. The number of benzene rings is 2. The molecule has 1 spiro atoms. The maximum atomic E-state index is 13.8. The molecule has 5 heteroatoms. The van der Waals surface area contributed by atoms with Crippen LogP contribution in [-0.4, -0.2) is 40.4 Å². The molecular formula is C26H28N4O. The standard InChI is InChI=1S/C26H28N4O/c31-24-26(15-20-5-1-2-7-22(20)18-30(24)17-19-9-10-19)11-13-29(14-12-26)25-27-16-21-6-3-4-8-23(21)28-25/h1-8,16,19H,9-15,17-18H2. The first kappa shape index (κ1) is 18.8. The number of carbonyl (C=O) groups excluding carboxylic acids is 1. The van der Waals surface area contributed by atoms with E-state index in [0.29, 0.717) is 11.8 Å². The Bertz CT molecular complexity index is 1130. The van der Waals surface area contributed by atoms with E-state index in [1.807, 2.05) is 30.5 Å². The van der Waals surface area contributed by atoms with Crippen molar-refractivity contribution in [3.8, 4) is 0 Å². The lowest BCUT2D eigenvalue weighted by Crippen LogP contribution is -2.50. The second-order valence-corrected chi connectivity index (χ2v) is 9.57. The highest BCUT2D eigenvalue weighted by molar-refractivity contribution is 5.84. The first-order valence-corrected chi connectivity index (χ1v) is 11.5. The van der Waals surface area contributed by atoms with E-state index in [4.69, 9.17) is 4.98 Å². The van der Waals surface area contributed by atoms with Gasteiger partial charge in [0, 0.05) is 37.8 Å². The smallest absolute Gasteiger partial charge is 0.229 e. The highest BCUT2D eigenvalue weighted by Gasteiger charge is 2.46. The summed E-state index contributed by atoms with van der Waals surface area (Å²) in [6.07, 6.45) is 7.02. The van der Waals surface area contributed by atoms with Crippen LogP contribution in [0.4, 0.5) is 5.95 Å². The molecule has 1 saturated heterocycles. The lowest BCUT2D eigenvalue weighted by molar-refractivity contribution is -0.144. The average Bonchev–Trinajstić information content (AvgIpc) is 3.64. The van der Waals surface area contributed by atoms with E-state index in [1.54, 1.807) is 0 Å². The van der Waals surface area contributed by atoms with Gasteiger partial charge in [0.1, 0.15) is 0 Å². The molecule has 0 atom stereocenters. The molecule has 0 unspecified atom stereocenters. The summed E-state index contributed by atoms with van der Waals surface area (Å²) >= 11 is 0. The number of para-hydroxylation sites is 1. The second-order valence-electron chi connectivity index (χ2n) is 9.57. The molecular weight excluding hydrogens is 384 g/mol. The SMILES string of the molecule is O=C1N(CC2CC2)Cc2ccccc2CC12CCN(c1ncc3ccccc3n1)CC2. The van der Waals surface area contributed by atoms with Gasteiger partial charge in [0.05, 0.1) is 10.9 Å². The van der Waals surface area contributed by atoms with Gasteiger partial charge >= 0.3 is 0 Å². The van der Waals surface area contributed by atoms with Gasteiger partial charge in [-0.3, -0.25) is 4.79 Å². The van der Waals surface area contributed by atoms with Crippen LogP contribution in [0.2, 0.25) is 0 Å². The number of nitrogens with zero attached hydrogens (tertiary/aromatic N) is 4. The molecule has 6 rings (SSSR count). The van der Waals surface area contributed by atoms with Gasteiger partial charge in [-0.2, -0.15) is 0 Å². The summed E-state index contributed by atoms with van der Waals surface area (Å²) < 4.78 is 0. The summed E-state index contributed by atoms with van der Waals surface area (Å²) in [7, 11) is 0. The van der Waals surface area contributed by atoms with Crippen molar-refractivity contribution in [2.24, 2.45) is 11.3 Å². The summed E-state index contributed by atoms with van der Waals surface area (Å²) in [4.78, 5) is 27.7. The maximum absolute atomic E-state index is 13.8. The van der Waals surface area contributed by atoms with Crippen LogP contribution in [0.15, 0.2) is 54.7 Å².